The number of benzene rings is 1. The molecule has 2 fully saturated rings. The molecule has 0 spiro atoms. The maximum absolute atomic E-state index is 6.12. The van der Waals surface area contributed by atoms with Crippen molar-refractivity contribution in [3.05, 3.63) is 29.3 Å². The molecule has 32 heavy (non-hydrogen) atoms. The van der Waals surface area contributed by atoms with Gasteiger partial charge in [0.1, 0.15) is 11.4 Å². The number of hydrogen-bond donors (Lipinski definition) is 1. The van der Waals surface area contributed by atoms with Crippen molar-refractivity contribution in [2.24, 2.45) is 5.92 Å². The Hall–Kier alpha value is -2.71. The molecule has 0 radical (unpaired) electrons. The molecule has 0 bridgehead atoms. The minimum absolute atomic E-state index is 0.0991. The van der Waals surface area contributed by atoms with Crippen molar-refractivity contribution in [1.29, 1.82) is 0 Å². The third-order valence-corrected chi connectivity index (χ3v) is 5.84. The van der Waals surface area contributed by atoms with Gasteiger partial charge in [0, 0.05) is 5.39 Å². The van der Waals surface area contributed by atoms with E-state index in [-0.39, 0.29) is 11.7 Å². The minimum atomic E-state index is -0.294. The lowest BCUT2D eigenvalue weighted by Gasteiger charge is -2.23. The van der Waals surface area contributed by atoms with E-state index < -0.39 is 0 Å². The van der Waals surface area contributed by atoms with Gasteiger partial charge in [0.05, 0.1) is 31.9 Å². The van der Waals surface area contributed by atoms with Crippen LogP contribution in [0.25, 0.3) is 22.5 Å². The van der Waals surface area contributed by atoms with Crippen LogP contribution in [0.3, 0.4) is 0 Å². The van der Waals surface area contributed by atoms with E-state index in [4.69, 9.17) is 23.6 Å². The standard InChI is InChI=1S/C24H30N4O4/c1-14-9-19(22-27-28-23(32-22)25-12-20-29-7-8-30-20)26-21-17(14)10-16(31-13-15-5-6-15)11-18(21)24(2,3)4/h9-11,15,20H,5-8,12-13H2,1-4H3,(H,25,28). The minimum Gasteiger partial charge on any atom is -0.493 e. The summed E-state index contributed by atoms with van der Waals surface area (Å²) >= 11 is 0. The predicted molar refractivity (Wildman–Crippen MR) is 121 cm³/mol. The Balaban J connectivity index is 1.46. The maximum atomic E-state index is 6.12. The van der Waals surface area contributed by atoms with E-state index in [0.29, 0.717) is 43.3 Å². The van der Waals surface area contributed by atoms with Crippen molar-refractivity contribution in [3.8, 4) is 17.3 Å². The highest BCUT2D eigenvalue weighted by atomic mass is 16.7. The van der Waals surface area contributed by atoms with E-state index in [1.54, 1.807) is 0 Å². The topological polar surface area (TPSA) is 91.5 Å². The summed E-state index contributed by atoms with van der Waals surface area (Å²) in [6, 6.07) is 6.53. The highest BCUT2D eigenvalue weighted by Crippen LogP contribution is 2.37. The van der Waals surface area contributed by atoms with Crippen LogP contribution in [-0.4, -0.2) is 47.8 Å². The zero-order chi connectivity index (χ0) is 22.3. The summed E-state index contributed by atoms with van der Waals surface area (Å²) in [6.07, 6.45) is 2.24. The molecule has 0 amide bonds. The van der Waals surface area contributed by atoms with Crippen LogP contribution in [0, 0.1) is 12.8 Å². The first-order valence-electron chi connectivity index (χ1n) is 11.3. The van der Waals surface area contributed by atoms with Gasteiger partial charge in [0.25, 0.3) is 5.89 Å². The quantitative estimate of drug-likeness (QED) is 0.578. The van der Waals surface area contributed by atoms with Crippen LogP contribution in [0.5, 0.6) is 5.75 Å². The Kier molecular flexibility index (Phi) is 5.51. The molecule has 1 aromatic carbocycles. The van der Waals surface area contributed by atoms with E-state index >= 15 is 0 Å². The second kappa shape index (κ2) is 8.33. The lowest BCUT2D eigenvalue weighted by atomic mass is 9.84. The highest BCUT2D eigenvalue weighted by Gasteiger charge is 2.25. The third-order valence-electron chi connectivity index (χ3n) is 5.84. The number of aromatic nitrogens is 3. The Bertz CT molecular complexity index is 1110. The molecule has 3 heterocycles. The molecule has 5 rings (SSSR count). The van der Waals surface area contributed by atoms with E-state index in [0.717, 1.165) is 34.4 Å². The van der Waals surface area contributed by atoms with Crippen LogP contribution in [-0.2, 0) is 14.9 Å². The zero-order valence-electron chi connectivity index (χ0n) is 19.1. The Morgan fingerprint density at radius 3 is 2.59 bits per heavy atom. The van der Waals surface area contributed by atoms with Gasteiger partial charge in [-0.3, -0.25) is 0 Å². The molecule has 1 saturated heterocycles. The molecule has 0 atom stereocenters. The van der Waals surface area contributed by atoms with Gasteiger partial charge in [-0.1, -0.05) is 25.9 Å². The predicted octanol–water partition coefficient (Wildman–Crippen LogP) is 4.46. The summed E-state index contributed by atoms with van der Waals surface area (Å²) in [4.78, 5) is 4.94. The Labute approximate surface area is 187 Å². The smallest absolute Gasteiger partial charge is 0.315 e. The summed E-state index contributed by atoms with van der Waals surface area (Å²) in [6.45, 7) is 11.1. The Morgan fingerprint density at radius 2 is 1.88 bits per heavy atom. The number of hydrogen-bond acceptors (Lipinski definition) is 8. The highest BCUT2D eigenvalue weighted by molar-refractivity contribution is 5.89. The molecule has 1 aliphatic carbocycles. The second-order valence-electron chi connectivity index (χ2n) is 9.66. The number of pyridine rings is 1. The van der Waals surface area contributed by atoms with E-state index in [1.807, 2.05) is 6.07 Å². The van der Waals surface area contributed by atoms with Crippen LogP contribution < -0.4 is 10.1 Å². The molecule has 2 aliphatic rings. The van der Waals surface area contributed by atoms with Gasteiger partial charge >= 0.3 is 6.01 Å². The molecule has 8 heteroatoms. The van der Waals surface area contributed by atoms with Gasteiger partial charge in [-0.2, -0.15) is 0 Å². The number of nitrogens with zero attached hydrogens (tertiary/aromatic N) is 3. The van der Waals surface area contributed by atoms with E-state index in [1.165, 1.54) is 12.8 Å². The van der Waals surface area contributed by atoms with Gasteiger partial charge in [0.2, 0.25) is 0 Å². The molecule has 1 saturated carbocycles. The van der Waals surface area contributed by atoms with Crippen LogP contribution in [0.2, 0.25) is 0 Å². The summed E-state index contributed by atoms with van der Waals surface area (Å²) in [5, 5.41) is 12.4. The van der Waals surface area contributed by atoms with Crippen LogP contribution in [0.4, 0.5) is 6.01 Å². The molecule has 170 valence electrons. The summed E-state index contributed by atoms with van der Waals surface area (Å²) in [7, 11) is 0. The third kappa shape index (κ3) is 4.56. The molecule has 8 nitrogen and oxygen atoms in total. The van der Waals surface area contributed by atoms with Gasteiger partial charge in [-0.15, -0.1) is 5.10 Å². The maximum Gasteiger partial charge on any atom is 0.315 e. The molecular formula is C24H30N4O4. The lowest BCUT2D eigenvalue weighted by Crippen LogP contribution is -2.20. The second-order valence-corrected chi connectivity index (χ2v) is 9.66. The number of nitrogens with one attached hydrogen (secondary N) is 1. The fourth-order valence-electron chi connectivity index (χ4n) is 3.82. The lowest BCUT2D eigenvalue weighted by molar-refractivity contribution is -0.0302. The zero-order valence-corrected chi connectivity index (χ0v) is 19.1. The number of rotatable bonds is 7. The summed E-state index contributed by atoms with van der Waals surface area (Å²) in [5.74, 6) is 1.99. The van der Waals surface area contributed by atoms with E-state index in [9.17, 15) is 0 Å². The van der Waals surface area contributed by atoms with Gasteiger partial charge < -0.3 is 23.9 Å². The van der Waals surface area contributed by atoms with Gasteiger partial charge in [0.15, 0.2) is 6.29 Å². The van der Waals surface area contributed by atoms with Crippen molar-refractivity contribution in [3.63, 3.8) is 0 Å². The largest absolute Gasteiger partial charge is 0.493 e. The van der Waals surface area contributed by atoms with Crippen molar-refractivity contribution in [2.75, 3.05) is 31.7 Å². The van der Waals surface area contributed by atoms with Crippen LogP contribution >= 0.6 is 0 Å². The van der Waals surface area contributed by atoms with E-state index in [2.05, 4.69) is 55.3 Å². The number of aryl methyl sites for hydroxylation is 1. The summed E-state index contributed by atoms with van der Waals surface area (Å²) in [5.41, 5.74) is 3.72. The van der Waals surface area contributed by atoms with Crippen LogP contribution in [0.1, 0.15) is 44.7 Å². The molecule has 1 N–H and O–H groups in total. The van der Waals surface area contributed by atoms with Crippen molar-refractivity contribution < 1.29 is 18.6 Å². The first-order chi connectivity index (χ1) is 15.4. The van der Waals surface area contributed by atoms with Gasteiger partial charge in [-0.05, 0) is 60.4 Å². The first kappa shape index (κ1) is 21.2. The monoisotopic (exact) mass is 438 g/mol. The molecule has 2 aromatic heterocycles. The average molecular weight is 439 g/mol. The molecule has 0 unspecified atom stereocenters. The molecular weight excluding hydrogens is 408 g/mol. The number of ether oxygens (including phenoxy) is 3. The molecule has 1 aliphatic heterocycles. The van der Waals surface area contributed by atoms with Crippen LogP contribution in [0.15, 0.2) is 22.6 Å². The fourth-order valence-corrected chi connectivity index (χ4v) is 3.82. The fraction of sp³-hybridized carbons (Fsp3) is 0.542. The van der Waals surface area contributed by atoms with Gasteiger partial charge in [-0.25, -0.2) is 4.98 Å². The van der Waals surface area contributed by atoms with Crippen molar-refractivity contribution >= 4 is 16.9 Å². The molecule has 3 aromatic rings. The first-order valence-corrected chi connectivity index (χ1v) is 11.3. The SMILES string of the molecule is Cc1cc(-c2nnc(NCC3OCCO3)o2)nc2c(C(C)(C)C)cc(OCC3CC3)cc12. The summed E-state index contributed by atoms with van der Waals surface area (Å²) < 4.78 is 22.8. The van der Waals surface area contributed by atoms with Crippen molar-refractivity contribution in [2.45, 2.75) is 52.2 Å². The normalized spacial score (nSPS) is 17.2. The Morgan fingerprint density at radius 1 is 1.09 bits per heavy atom. The average Bonchev–Trinajstić information content (AvgIpc) is 3.22. The number of anilines is 1. The van der Waals surface area contributed by atoms with Crippen molar-refractivity contribution in [1.82, 2.24) is 15.2 Å². The number of fused-ring (bicyclic) bond motifs is 1.